The smallest absolute Gasteiger partial charge is 0.394 e. The number of nitrogens with one attached hydrogen (secondary N) is 2. The van der Waals surface area contributed by atoms with Gasteiger partial charge in [-0.1, -0.05) is 12.1 Å². The molecule has 0 spiro atoms. The Morgan fingerprint density at radius 1 is 1.12 bits per heavy atom. The highest BCUT2D eigenvalue weighted by molar-refractivity contribution is 5.91. The van der Waals surface area contributed by atoms with Gasteiger partial charge in [0, 0.05) is 17.1 Å². The number of benzene rings is 1. The summed E-state index contributed by atoms with van der Waals surface area (Å²) in [5.41, 5.74) is 2.00. The monoisotopic (exact) mass is 455 g/mol. The number of fused-ring (bicyclic) bond motifs is 1. The first-order valence-electron chi connectivity index (χ1n) is 9.32. The maximum Gasteiger partial charge on any atom is 0.417 e. The fourth-order valence-corrected chi connectivity index (χ4v) is 3.61. The summed E-state index contributed by atoms with van der Waals surface area (Å²) in [5, 5.41) is 38.4. The molecule has 0 saturated heterocycles. The SMILES string of the molecule is NC(=O)[C@H](c1ccc2c(C(F)(F)F)c(-c3ccc[nH]3)c(=O)[nH]c2c1)[C@@H](O)[C@H](O)[C@H](O)CO. The summed E-state index contributed by atoms with van der Waals surface area (Å²) in [6.45, 7) is -0.925. The second kappa shape index (κ2) is 8.74. The van der Waals surface area contributed by atoms with E-state index in [1.54, 1.807) is 0 Å². The molecule has 0 unspecified atom stereocenters. The third-order valence-corrected chi connectivity index (χ3v) is 5.13. The summed E-state index contributed by atoms with van der Waals surface area (Å²) < 4.78 is 41.8. The van der Waals surface area contributed by atoms with Crippen molar-refractivity contribution in [1.29, 1.82) is 0 Å². The number of alkyl halides is 3. The Balaban J connectivity index is 2.22. The topological polar surface area (TPSA) is 173 Å². The van der Waals surface area contributed by atoms with Gasteiger partial charge in [-0.15, -0.1) is 0 Å². The van der Waals surface area contributed by atoms with Crippen LogP contribution in [0.25, 0.3) is 22.2 Å². The van der Waals surface area contributed by atoms with Gasteiger partial charge < -0.3 is 36.1 Å². The lowest BCUT2D eigenvalue weighted by atomic mass is 9.87. The fraction of sp³-hybridized carbons (Fsp3) is 0.300. The number of hydrogen-bond donors (Lipinski definition) is 7. The van der Waals surface area contributed by atoms with Crippen LogP contribution in [0.15, 0.2) is 41.3 Å². The van der Waals surface area contributed by atoms with Gasteiger partial charge in [-0.25, -0.2) is 0 Å². The van der Waals surface area contributed by atoms with Crippen LogP contribution < -0.4 is 11.3 Å². The van der Waals surface area contributed by atoms with Crippen molar-refractivity contribution in [2.45, 2.75) is 30.4 Å². The highest BCUT2D eigenvalue weighted by Crippen LogP contribution is 2.39. The molecule has 2 heterocycles. The molecule has 0 fully saturated rings. The molecule has 1 amide bonds. The number of halogens is 3. The van der Waals surface area contributed by atoms with Crippen LogP contribution in [0.1, 0.15) is 17.0 Å². The molecule has 0 aliphatic carbocycles. The van der Waals surface area contributed by atoms with E-state index < -0.39 is 59.6 Å². The first-order chi connectivity index (χ1) is 15.0. The predicted octanol–water partition coefficient (Wildman–Crippen LogP) is 0.186. The van der Waals surface area contributed by atoms with Crippen LogP contribution in [0.4, 0.5) is 13.2 Å². The van der Waals surface area contributed by atoms with Crippen molar-refractivity contribution in [2.24, 2.45) is 5.73 Å². The number of aliphatic hydroxyl groups excluding tert-OH is 4. The Bertz CT molecular complexity index is 1180. The minimum Gasteiger partial charge on any atom is -0.394 e. The summed E-state index contributed by atoms with van der Waals surface area (Å²) in [6.07, 6.45) is -9.30. The zero-order valence-electron chi connectivity index (χ0n) is 16.3. The van der Waals surface area contributed by atoms with Crippen LogP contribution in [0.5, 0.6) is 0 Å². The van der Waals surface area contributed by atoms with E-state index in [0.717, 1.165) is 18.2 Å². The lowest BCUT2D eigenvalue weighted by molar-refractivity contribution is -0.136. The minimum atomic E-state index is -4.90. The van der Waals surface area contributed by atoms with Crippen molar-refractivity contribution in [3.05, 3.63) is 58.0 Å². The van der Waals surface area contributed by atoms with Gasteiger partial charge in [-0.05, 0) is 23.8 Å². The summed E-state index contributed by atoms with van der Waals surface area (Å²) in [4.78, 5) is 29.4. The molecular formula is C20H20F3N3O6. The van der Waals surface area contributed by atoms with Gasteiger partial charge in [0.05, 0.1) is 35.4 Å². The molecule has 0 saturated carbocycles. The second-order valence-electron chi connectivity index (χ2n) is 7.20. The zero-order chi connectivity index (χ0) is 23.8. The van der Waals surface area contributed by atoms with Crippen LogP contribution >= 0.6 is 0 Å². The van der Waals surface area contributed by atoms with E-state index in [1.807, 2.05) is 0 Å². The van der Waals surface area contributed by atoms with E-state index in [1.165, 1.54) is 18.3 Å². The molecule has 8 N–H and O–H groups in total. The number of pyridine rings is 1. The van der Waals surface area contributed by atoms with E-state index in [0.29, 0.717) is 0 Å². The Morgan fingerprint density at radius 2 is 1.81 bits per heavy atom. The maximum atomic E-state index is 13.9. The molecule has 2 aromatic heterocycles. The van der Waals surface area contributed by atoms with Crippen LogP contribution in [-0.2, 0) is 11.0 Å². The van der Waals surface area contributed by atoms with Crippen LogP contribution in [0.2, 0.25) is 0 Å². The van der Waals surface area contributed by atoms with Crippen molar-refractivity contribution < 1.29 is 38.4 Å². The number of primary amides is 1. The Kier molecular flexibility index (Phi) is 6.41. The number of H-pyrrole nitrogens is 2. The summed E-state index contributed by atoms with van der Waals surface area (Å²) in [7, 11) is 0. The number of nitrogens with two attached hydrogens (primary N) is 1. The minimum absolute atomic E-state index is 0.0453. The molecule has 0 aliphatic rings. The summed E-state index contributed by atoms with van der Waals surface area (Å²) in [6, 6.07) is 5.88. The molecular weight excluding hydrogens is 435 g/mol. The first-order valence-corrected chi connectivity index (χ1v) is 9.32. The normalized spacial score (nSPS) is 16.0. The third kappa shape index (κ3) is 4.25. The first kappa shape index (κ1) is 23.5. The molecule has 0 aliphatic heterocycles. The Hall–Kier alpha value is -3.19. The molecule has 1 aromatic carbocycles. The van der Waals surface area contributed by atoms with Crippen molar-refractivity contribution in [2.75, 3.05) is 6.61 Å². The molecule has 9 nitrogen and oxygen atoms in total. The van der Waals surface area contributed by atoms with Gasteiger partial charge in [0.15, 0.2) is 0 Å². The van der Waals surface area contributed by atoms with E-state index in [9.17, 15) is 38.1 Å². The van der Waals surface area contributed by atoms with E-state index in [2.05, 4.69) is 9.97 Å². The van der Waals surface area contributed by atoms with Gasteiger partial charge in [-0.3, -0.25) is 9.59 Å². The van der Waals surface area contributed by atoms with Crippen molar-refractivity contribution in [3.8, 4) is 11.3 Å². The third-order valence-electron chi connectivity index (χ3n) is 5.13. The quantitative estimate of drug-likeness (QED) is 0.268. The van der Waals surface area contributed by atoms with Crippen molar-refractivity contribution in [1.82, 2.24) is 9.97 Å². The highest BCUT2D eigenvalue weighted by Gasteiger charge is 2.39. The van der Waals surface area contributed by atoms with Gasteiger partial charge in [0.2, 0.25) is 5.91 Å². The Morgan fingerprint density at radius 3 is 2.34 bits per heavy atom. The number of carbonyl (C=O) groups is 1. The molecule has 3 aromatic rings. The fourth-order valence-electron chi connectivity index (χ4n) is 3.61. The maximum absolute atomic E-state index is 13.9. The van der Waals surface area contributed by atoms with E-state index in [-0.39, 0.29) is 22.2 Å². The predicted molar refractivity (Wildman–Crippen MR) is 106 cm³/mol. The van der Waals surface area contributed by atoms with E-state index in [4.69, 9.17) is 10.8 Å². The molecule has 0 bridgehead atoms. The van der Waals surface area contributed by atoms with Gasteiger partial charge in [0.25, 0.3) is 5.56 Å². The standard InChI is InChI=1S/C20H20F3N3O6/c21-20(22,23)15-9-4-3-8(13(18(24)31)17(30)16(29)12(28)7-27)6-11(9)26-19(32)14(15)10-2-1-5-25-10/h1-6,12-13,16-17,25,27-30H,7H2,(H2,24,31)(H,26,32)/t12-,13-,16-,17-/m1/s1. The van der Waals surface area contributed by atoms with E-state index >= 15 is 0 Å². The average molecular weight is 455 g/mol. The molecule has 172 valence electrons. The Labute approximate surface area is 177 Å². The number of amides is 1. The molecule has 0 radical (unpaired) electrons. The highest BCUT2D eigenvalue weighted by atomic mass is 19.4. The number of aromatic nitrogens is 2. The van der Waals surface area contributed by atoms with Crippen molar-refractivity contribution >= 4 is 16.8 Å². The number of hydrogen-bond acceptors (Lipinski definition) is 6. The van der Waals surface area contributed by atoms with Crippen LogP contribution in [-0.4, -0.2) is 61.2 Å². The van der Waals surface area contributed by atoms with Crippen LogP contribution in [0.3, 0.4) is 0 Å². The van der Waals surface area contributed by atoms with Crippen LogP contribution in [0, 0.1) is 0 Å². The summed E-state index contributed by atoms with van der Waals surface area (Å²) in [5.74, 6) is -2.81. The van der Waals surface area contributed by atoms with Crippen molar-refractivity contribution in [3.63, 3.8) is 0 Å². The van der Waals surface area contributed by atoms with Gasteiger partial charge in [0.1, 0.15) is 12.2 Å². The van der Waals surface area contributed by atoms with Gasteiger partial charge in [-0.2, -0.15) is 13.2 Å². The second-order valence-corrected chi connectivity index (χ2v) is 7.20. The number of aliphatic hydroxyl groups is 4. The average Bonchev–Trinajstić information content (AvgIpc) is 3.24. The molecule has 3 rings (SSSR count). The lowest BCUT2D eigenvalue weighted by Gasteiger charge is -2.27. The zero-order valence-corrected chi connectivity index (χ0v) is 16.3. The lowest BCUT2D eigenvalue weighted by Crippen LogP contribution is -2.46. The molecule has 12 heteroatoms. The largest absolute Gasteiger partial charge is 0.417 e. The van der Waals surface area contributed by atoms with Gasteiger partial charge >= 0.3 is 6.18 Å². The molecule has 4 atom stereocenters. The molecule has 32 heavy (non-hydrogen) atoms. The number of aromatic amines is 2. The summed E-state index contributed by atoms with van der Waals surface area (Å²) >= 11 is 0. The number of rotatable bonds is 7. The number of carbonyl (C=O) groups excluding carboxylic acids is 1.